The van der Waals surface area contributed by atoms with Crippen LogP contribution in [0.4, 0.5) is 0 Å². The molecule has 0 unspecified atom stereocenters. The van der Waals surface area contributed by atoms with Gasteiger partial charge in [-0.15, -0.1) is 0 Å². The lowest BCUT2D eigenvalue weighted by atomic mass is 9.90. The molecule has 0 fully saturated rings. The summed E-state index contributed by atoms with van der Waals surface area (Å²) in [6.07, 6.45) is 4.75. The quantitative estimate of drug-likeness (QED) is 0.306. The summed E-state index contributed by atoms with van der Waals surface area (Å²) in [5.74, 6) is -0.0367. The molecule has 3 aromatic carbocycles. The smallest absolute Gasteiger partial charge is 0.323 e. The highest BCUT2D eigenvalue weighted by molar-refractivity contribution is 5.96. The summed E-state index contributed by atoms with van der Waals surface area (Å²) in [6, 6.07) is 22.3. The summed E-state index contributed by atoms with van der Waals surface area (Å²) in [5, 5.41) is 9.50. The van der Waals surface area contributed by atoms with E-state index in [9.17, 15) is 14.7 Å². The molecule has 0 bridgehead atoms. The molecule has 1 aliphatic rings. The Balaban J connectivity index is 1.47. The molecule has 0 saturated carbocycles. The van der Waals surface area contributed by atoms with E-state index in [2.05, 4.69) is 64.1 Å². The highest BCUT2D eigenvalue weighted by Crippen LogP contribution is 2.38. The summed E-state index contributed by atoms with van der Waals surface area (Å²) in [7, 11) is 0. The first-order valence-electron chi connectivity index (χ1n) is 13.7. The van der Waals surface area contributed by atoms with Crippen molar-refractivity contribution in [3.8, 4) is 5.75 Å². The highest BCUT2D eigenvalue weighted by atomic mass is 16.5. The lowest BCUT2D eigenvalue weighted by Crippen LogP contribution is -2.35. The number of rotatable bonds is 11. The fourth-order valence-corrected chi connectivity index (χ4v) is 5.16. The van der Waals surface area contributed by atoms with Crippen LogP contribution in [0, 0.1) is 0 Å². The standard InChI is InChI=1S/C33H39NO4/c1-5-6-7-24-8-10-26(11-9-24)21-34(22-31(35)36)32(37)28-16-17-30-29(18-28)20-33(4,38-30)19-25-12-14-27(15-13-25)23(2)3/h8-18,23H,5-7,19-22H2,1-4H3,(H,35,36)/t33-/m1/s1. The Hall–Kier alpha value is -3.60. The second-order valence-electron chi connectivity index (χ2n) is 11.1. The van der Waals surface area contributed by atoms with E-state index in [0.717, 1.165) is 42.6 Å². The minimum Gasteiger partial charge on any atom is -0.487 e. The Labute approximate surface area is 226 Å². The van der Waals surface area contributed by atoms with Gasteiger partial charge in [0.15, 0.2) is 0 Å². The van der Waals surface area contributed by atoms with Crippen LogP contribution in [0.25, 0.3) is 0 Å². The van der Waals surface area contributed by atoms with Crippen molar-refractivity contribution in [2.45, 2.75) is 77.9 Å². The van der Waals surface area contributed by atoms with Gasteiger partial charge in [-0.1, -0.05) is 75.7 Å². The third kappa shape index (κ3) is 6.83. The van der Waals surface area contributed by atoms with Crippen molar-refractivity contribution in [3.63, 3.8) is 0 Å². The number of fused-ring (bicyclic) bond motifs is 1. The van der Waals surface area contributed by atoms with E-state index in [-0.39, 0.29) is 19.0 Å². The lowest BCUT2D eigenvalue weighted by Gasteiger charge is -2.24. The van der Waals surface area contributed by atoms with Crippen LogP contribution in [0.2, 0.25) is 0 Å². The first-order valence-corrected chi connectivity index (χ1v) is 13.7. The number of aliphatic carboxylic acids is 1. The number of aryl methyl sites for hydroxylation is 1. The number of hydrogen-bond acceptors (Lipinski definition) is 3. The van der Waals surface area contributed by atoms with E-state index in [1.54, 1.807) is 6.07 Å². The molecule has 1 atom stereocenters. The Bertz CT molecular complexity index is 1260. The predicted molar refractivity (Wildman–Crippen MR) is 151 cm³/mol. The zero-order valence-electron chi connectivity index (χ0n) is 23.0. The molecule has 38 heavy (non-hydrogen) atoms. The molecule has 1 N–H and O–H groups in total. The van der Waals surface area contributed by atoms with E-state index < -0.39 is 11.6 Å². The summed E-state index contributed by atoms with van der Waals surface area (Å²) >= 11 is 0. The molecule has 0 aliphatic carbocycles. The van der Waals surface area contributed by atoms with Gasteiger partial charge < -0.3 is 14.7 Å². The first-order chi connectivity index (χ1) is 18.2. The number of hydrogen-bond donors (Lipinski definition) is 1. The predicted octanol–water partition coefficient (Wildman–Crippen LogP) is 6.82. The normalized spacial score (nSPS) is 16.2. The number of carboxylic acid groups (broad SMARTS) is 1. The van der Waals surface area contributed by atoms with Gasteiger partial charge >= 0.3 is 5.97 Å². The third-order valence-electron chi connectivity index (χ3n) is 7.28. The molecular formula is C33H39NO4. The Morgan fingerprint density at radius 1 is 0.974 bits per heavy atom. The minimum atomic E-state index is -1.03. The zero-order valence-corrected chi connectivity index (χ0v) is 23.0. The number of benzene rings is 3. The van der Waals surface area contributed by atoms with Gasteiger partial charge in [-0.3, -0.25) is 9.59 Å². The second-order valence-corrected chi connectivity index (χ2v) is 11.1. The highest BCUT2D eigenvalue weighted by Gasteiger charge is 2.35. The van der Waals surface area contributed by atoms with Crippen LogP contribution in [-0.4, -0.2) is 34.0 Å². The molecule has 5 nitrogen and oxygen atoms in total. The van der Waals surface area contributed by atoms with Crippen LogP contribution < -0.4 is 4.74 Å². The van der Waals surface area contributed by atoms with Crippen LogP contribution in [0.15, 0.2) is 66.7 Å². The average Bonchev–Trinajstić information content (AvgIpc) is 3.22. The fourth-order valence-electron chi connectivity index (χ4n) is 5.16. The molecule has 0 aromatic heterocycles. The number of carbonyl (C=O) groups is 2. The molecule has 0 spiro atoms. The molecule has 5 heteroatoms. The van der Waals surface area contributed by atoms with E-state index in [1.165, 1.54) is 21.6 Å². The molecule has 4 rings (SSSR count). The summed E-state index contributed by atoms with van der Waals surface area (Å²) in [5.41, 5.74) is 5.77. The van der Waals surface area contributed by atoms with Gasteiger partial charge in [-0.05, 0) is 71.7 Å². The molecule has 200 valence electrons. The van der Waals surface area contributed by atoms with Crippen LogP contribution in [-0.2, 0) is 30.6 Å². The van der Waals surface area contributed by atoms with Crippen molar-refractivity contribution in [3.05, 3.63) is 100 Å². The number of ether oxygens (including phenoxy) is 1. The SMILES string of the molecule is CCCCc1ccc(CN(CC(=O)O)C(=O)c2ccc3c(c2)C[C@@](C)(Cc2ccc(C(C)C)cc2)O3)cc1. The number of carbonyl (C=O) groups excluding carboxylic acids is 1. The second kappa shape index (κ2) is 11.8. The lowest BCUT2D eigenvalue weighted by molar-refractivity contribution is -0.137. The van der Waals surface area contributed by atoms with E-state index >= 15 is 0 Å². The van der Waals surface area contributed by atoms with Crippen molar-refractivity contribution >= 4 is 11.9 Å². The van der Waals surface area contributed by atoms with Gasteiger partial charge in [-0.25, -0.2) is 0 Å². The Morgan fingerprint density at radius 3 is 2.26 bits per heavy atom. The van der Waals surface area contributed by atoms with Crippen LogP contribution in [0.3, 0.4) is 0 Å². The number of amides is 1. The van der Waals surface area contributed by atoms with Crippen LogP contribution in [0.1, 0.15) is 84.6 Å². The minimum absolute atomic E-state index is 0.247. The van der Waals surface area contributed by atoms with Crippen molar-refractivity contribution in [2.75, 3.05) is 6.54 Å². The molecular weight excluding hydrogens is 474 g/mol. The van der Waals surface area contributed by atoms with Gasteiger partial charge in [0, 0.05) is 24.9 Å². The molecule has 1 heterocycles. The van der Waals surface area contributed by atoms with E-state index in [1.807, 2.05) is 24.3 Å². The molecule has 0 radical (unpaired) electrons. The van der Waals surface area contributed by atoms with Crippen molar-refractivity contribution < 1.29 is 19.4 Å². The first kappa shape index (κ1) is 27.4. The zero-order chi connectivity index (χ0) is 27.3. The largest absolute Gasteiger partial charge is 0.487 e. The number of nitrogens with zero attached hydrogens (tertiary/aromatic N) is 1. The van der Waals surface area contributed by atoms with Gasteiger partial charge in [-0.2, -0.15) is 0 Å². The van der Waals surface area contributed by atoms with Gasteiger partial charge in [0.1, 0.15) is 17.9 Å². The summed E-state index contributed by atoms with van der Waals surface area (Å²) in [6.45, 7) is 8.54. The average molecular weight is 514 g/mol. The van der Waals surface area contributed by atoms with Gasteiger partial charge in [0.2, 0.25) is 0 Å². The van der Waals surface area contributed by atoms with Crippen LogP contribution >= 0.6 is 0 Å². The number of carboxylic acids is 1. The summed E-state index contributed by atoms with van der Waals surface area (Å²) in [4.78, 5) is 26.5. The maximum atomic E-state index is 13.5. The van der Waals surface area contributed by atoms with Gasteiger partial charge in [0.05, 0.1) is 0 Å². The Kier molecular flexibility index (Phi) is 8.55. The Morgan fingerprint density at radius 2 is 1.63 bits per heavy atom. The monoisotopic (exact) mass is 513 g/mol. The van der Waals surface area contributed by atoms with Crippen molar-refractivity contribution in [1.82, 2.24) is 4.90 Å². The molecule has 0 saturated heterocycles. The molecule has 1 aliphatic heterocycles. The van der Waals surface area contributed by atoms with Gasteiger partial charge in [0.25, 0.3) is 5.91 Å². The van der Waals surface area contributed by atoms with E-state index in [4.69, 9.17) is 4.74 Å². The van der Waals surface area contributed by atoms with Crippen molar-refractivity contribution in [2.24, 2.45) is 0 Å². The maximum absolute atomic E-state index is 13.5. The molecule has 1 amide bonds. The third-order valence-corrected chi connectivity index (χ3v) is 7.28. The molecule has 3 aromatic rings. The number of unbranched alkanes of at least 4 members (excludes halogenated alkanes) is 1. The van der Waals surface area contributed by atoms with Crippen molar-refractivity contribution in [1.29, 1.82) is 0 Å². The topological polar surface area (TPSA) is 66.8 Å². The van der Waals surface area contributed by atoms with Crippen LogP contribution in [0.5, 0.6) is 5.75 Å². The maximum Gasteiger partial charge on any atom is 0.323 e. The summed E-state index contributed by atoms with van der Waals surface area (Å²) < 4.78 is 6.35. The fraction of sp³-hybridized carbons (Fsp3) is 0.394. The van der Waals surface area contributed by atoms with E-state index in [0.29, 0.717) is 17.9 Å².